The molecule has 60 heavy (non-hydrogen) atoms. The molecule has 0 rings (SSSR count). The van der Waals surface area contributed by atoms with Crippen molar-refractivity contribution in [2.75, 3.05) is 6.61 Å². The van der Waals surface area contributed by atoms with Gasteiger partial charge in [0.1, 0.15) is 6.10 Å². The summed E-state index contributed by atoms with van der Waals surface area (Å²) in [6.07, 6.45) is 57.5. The third-order valence-corrected chi connectivity index (χ3v) is 11.8. The van der Waals surface area contributed by atoms with E-state index in [-0.39, 0.29) is 24.9 Å². The van der Waals surface area contributed by atoms with Crippen molar-refractivity contribution in [1.29, 1.82) is 0 Å². The van der Waals surface area contributed by atoms with Gasteiger partial charge in [-0.1, -0.05) is 249 Å². The molecule has 0 heterocycles. The molecule has 1 amide bonds. The van der Waals surface area contributed by atoms with Crippen LogP contribution in [-0.2, 0) is 14.3 Å². The van der Waals surface area contributed by atoms with Gasteiger partial charge in [0.25, 0.3) is 0 Å². The van der Waals surface area contributed by atoms with Crippen LogP contribution in [0.1, 0.15) is 258 Å². The number of carbonyl (C=O) groups is 2. The Hall–Kier alpha value is -2.18. The number of hydrogen-bond acceptors (Lipinski definition) is 5. The number of ether oxygens (including phenoxy) is 1. The van der Waals surface area contributed by atoms with E-state index in [1.54, 1.807) is 0 Å². The topological polar surface area (TPSA) is 95.9 Å². The minimum atomic E-state index is -0.790. The van der Waals surface area contributed by atoms with Crippen LogP contribution < -0.4 is 5.32 Å². The van der Waals surface area contributed by atoms with Crippen LogP contribution in [0.5, 0.6) is 0 Å². The second kappa shape index (κ2) is 47.9. The molecule has 0 bridgehead atoms. The minimum Gasteiger partial charge on any atom is -0.462 e. The number of aliphatic hydroxyl groups excluding tert-OH is 2. The highest BCUT2D eigenvalue weighted by atomic mass is 16.5. The molecular weight excluding hydrogens is 743 g/mol. The number of unbranched alkanes of at least 4 members (excludes halogenated alkanes) is 29. The normalized spacial score (nSPS) is 13.6. The molecule has 3 N–H and O–H groups in total. The van der Waals surface area contributed by atoms with Crippen molar-refractivity contribution in [3.8, 4) is 0 Å². The fourth-order valence-corrected chi connectivity index (χ4v) is 7.85. The van der Waals surface area contributed by atoms with Crippen LogP contribution in [0.15, 0.2) is 48.6 Å². The number of amides is 1. The lowest BCUT2D eigenvalue weighted by atomic mass is 10.0. The van der Waals surface area contributed by atoms with Gasteiger partial charge in [-0.15, -0.1) is 0 Å². The number of nitrogens with one attached hydrogen (secondary N) is 1. The van der Waals surface area contributed by atoms with Crippen molar-refractivity contribution >= 4 is 11.9 Å². The molecule has 3 atom stereocenters. The number of esters is 1. The van der Waals surface area contributed by atoms with Gasteiger partial charge < -0.3 is 20.3 Å². The summed E-state index contributed by atoms with van der Waals surface area (Å²) < 4.78 is 5.91. The number of carbonyl (C=O) groups excluding carboxylic acids is 2. The van der Waals surface area contributed by atoms with Crippen LogP contribution in [0.3, 0.4) is 0 Å². The van der Waals surface area contributed by atoms with E-state index in [1.807, 2.05) is 18.2 Å². The van der Waals surface area contributed by atoms with Gasteiger partial charge in [0, 0.05) is 6.42 Å². The van der Waals surface area contributed by atoms with Crippen LogP contribution in [0, 0.1) is 0 Å². The van der Waals surface area contributed by atoms with Gasteiger partial charge in [-0.25, -0.2) is 0 Å². The highest BCUT2D eigenvalue weighted by molar-refractivity contribution is 5.77. The van der Waals surface area contributed by atoms with Crippen LogP contribution >= 0.6 is 0 Å². The lowest BCUT2D eigenvalue weighted by Crippen LogP contribution is -2.46. The van der Waals surface area contributed by atoms with E-state index < -0.39 is 18.2 Å². The smallest absolute Gasteiger partial charge is 0.306 e. The second-order valence-electron chi connectivity index (χ2n) is 17.6. The third kappa shape index (κ3) is 42.5. The number of rotatable bonds is 46. The Kier molecular flexibility index (Phi) is 46.1. The van der Waals surface area contributed by atoms with Crippen molar-refractivity contribution in [3.05, 3.63) is 48.6 Å². The molecule has 350 valence electrons. The first-order valence-corrected chi connectivity index (χ1v) is 25.9. The molecule has 0 saturated carbocycles. The maximum atomic E-state index is 13.2. The molecule has 0 aromatic heterocycles. The largest absolute Gasteiger partial charge is 0.462 e. The molecule has 0 aliphatic heterocycles. The Bertz CT molecular complexity index is 1040. The molecule has 0 aromatic carbocycles. The Morgan fingerprint density at radius 3 is 1.37 bits per heavy atom. The standard InChI is InChI=1S/C54H99NO5/c1-4-7-10-13-16-19-21-23-25-26-28-29-31-34-37-40-43-46-52(57)51(49-56)55-53(58)48-50(45-42-39-36-33-18-15-12-9-6-3)60-54(59)47-44-41-38-35-32-30-27-24-22-20-17-14-11-8-5-2/h8,11,14,17,20,22,24,27,50-52,56-57H,4-7,9-10,12-13,15-16,18-19,21,23,25-26,28-49H2,1-3H3,(H,55,58)/b11-8+,17-14+,22-20+,27-24-. The minimum absolute atomic E-state index is 0.0694. The molecule has 0 aliphatic carbocycles. The van der Waals surface area contributed by atoms with E-state index in [4.69, 9.17) is 4.74 Å². The first-order chi connectivity index (χ1) is 29.5. The Morgan fingerprint density at radius 1 is 0.500 bits per heavy atom. The van der Waals surface area contributed by atoms with Gasteiger partial charge in [0.2, 0.25) is 5.91 Å². The average molecular weight is 842 g/mol. The second-order valence-corrected chi connectivity index (χ2v) is 17.6. The molecule has 0 aliphatic rings. The van der Waals surface area contributed by atoms with E-state index in [1.165, 1.54) is 135 Å². The summed E-state index contributed by atoms with van der Waals surface area (Å²) >= 11 is 0. The zero-order chi connectivity index (χ0) is 43.8. The van der Waals surface area contributed by atoms with Crippen molar-refractivity contribution < 1.29 is 24.5 Å². The predicted octanol–water partition coefficient (Wildman–Crippen LogP) is 15.5. The van der Waals surface area contributed by atoms with E-state index in [2.05, 4.69) is 56.5 Å². The summed E-state index contributed by atoms with van der Waals surface area (Å²) in [6, 6.07) is -0.704. The fourth-order valence-electron chi connectivity index (χ4n) is 7.85. The highest BCUT2D eigenvalue weighted by Gasteiger charge is 2.24. The van der Waals surface area contributed by atoms with Gasteiger partial charge in [0.05, 0.1) is 25.2 Å². The zero-order valence-electron chi connectivity index (χ0n) is 39.8. The first kappa shape index (κ1) is 57.8. The zero-order valence-corrected chi connectivity index (χ0v) is 39.8. The summed E-state index contributed by atoms with van der Waals surface area (Å²) in [5.41, 5.74) is 0. The van der Waals surface area contributed by atoms with Crippen LogP contribution in [-0.4, -0.2) is 46.9 Å². The summed E-state index contributed by atoms with van der Waals surface area (Å²) in [4.78, 5) is 26.1. The van der Waals surface area contributed by atoms with Gasteiger partial charge in [-0.2, -0.15) is 0 Å². The predicted molar refractivity (Wildman–Crippen MR) is 259 cm³/mol. The average Bonchev–Trinajstić information content (AvgIpc) is 3.24. The SMILES string of the molecule is CC/C=C/C=C/C=C/C=C\CCCCCCCC(=O)OC(CCCCCCCCCCC)CC(=O)NC(CO)C(O)CCCCCCCCCCCCCCCCCCC. The third-order valence-electron chi connectivity index (χ3n) is 11.8. The monoisotopic (exact) mass is 842 g/mol. The molecule has 0 saturated heterocycles. The number of aliphatic hydroxyl groups is 2. The molecule has 3 unspecified atom stereocenters. The Labute approximate surface area is 372 Å². The lowest BCUT2D eigenvalue weighted by Gasteiger charge is -2.24. The van der Waals surface area contributed by atoms with Crippen molar-refractivity contribution in [2.45, 2.75) is 277 Å². The van der Waals surface area contributed by atoms with E-state index in [9.17, 15) is 19.8 Å². The van der Waals surface area contributed by atoms with Crippen LogP contribution in [0.25, 0.3) is 0 Å². The molecule has 0 spiro atoms. The first-order valence-electron chi connectivity index (χ1n) is 25.9. The summed E-state index contributed by atoms with van der Waals surface area (Å²) in [5.74, 6) is -0.496. The number of allylic oxidation sites excluding steroid dienone is 8. The molecule has 6 heteroatoms. The van der Waals surface area contributed by atoms with Crippen molar-refractivity contribution in [2.24, 2.45) is 0 Å². The van der Waals surface area contributed by atoms with Gasteiger partial charge in [0.15, 0.2) is 0 Å². The Morgan fingerprint density at radius 2 is 0.900 bits per heavy atom. The van der Waals surface area contributed by atoms with E-state index in [0.717, 1.165) is 77.0 Å². The van der Waals surface area contributed by atoms with Crippen molar-refractivity contribution in [3.63, 3.8) is 0 Å². The van der Waals surface area contributed by atoms with Crippen molar-refractivity contribution in [1.82, 2.24) is 5.32 Å². The Balaban J connectivity index is 4.45. The molecule has 0 aromatic rings. The van der Waals surface area contributed by atoms with Gasteiger partial charge in [-0.05, 0) is 44.9 Å². The molecule has 6 nitrogen and oxygen atoms in total. The molecular formula is C54H99NO5. The summed E-state index contributed by atoms with van der Waals surface area (Å²) in [6.45, 7) is 6.34. The summed E-state index contributed by atoms with van der Waals surface area (Å²) in [5, 5.41) is 23.8. The fraction of sp³-hybridized carbons (Fsp3) is 0.815. The summed E-state index contributed by atoms with van der Waals surface area (Å²) in [7, 11) is 0. The molecule has 0 radical (unpaired) electrons. The van der Waals surface area contributed by atoms with E-state index >= 15 is 0 Å². The van der Waals surface area contributed by atoms with Crippen LogP contribution in [0.4, 0.5) is 0 Å². The van der Waals surface area contributed by atoms with Gasteiger partial charge >= 0.3 is 5.97 Å². The maximum absolute atomic E-state index is 13.2. The lowest BCUT2D eigenvalue weighted by molar-refractivity contribution is -0.151. The van der Waals surface area contributed by atoms with Crippen LogP contribution in [0.2, 0.25) is 0 Å². The molecule has 0 fully saturated rings. The quantitative estimate of drug-likeness (QED) is 0.0322. The number of hydrogen-bond donors (Lipinski definition) is 3. The highest BCUT2D eigenvalue weighted by Crippen LogP contribution is 2.18. The van der Waals surface area contributed by atoms with Gasteiger partial charge in [-0.3, -0.25) is 9.59 Å². The maximum Gasteiger partial charge on any atom is 0.306 e. The van der Waals surface area contributed by atoms with E-state index in [0.29, 0.717) is 19.3 Å².